The van der Waals surface area contributed by atoms with Crippen LogP contribution in [-0.4, -0.2) is 6.54 Å². The van der Waals surface area contributed by atoms with Gasteiger partial charge in [-0.3, -0.25) is 0 Å². The molecule has 14 heavy (non-hydrogen) atoms. The Hall–Kier alpha value is -0.340. The van der Waals surface area contributed by atoms with Gasteiger partial charge in [0.1, 0.15) is 0 Å². The van der Waals surface area contributed by atoms with Gasteiger partial charge in [0.25, 0.3) is 0 Å². The highest BCUT2D eigenvalue weighted by Gasteiger charge is 2.09. The Morgan fingerprint density at radius 1 is 1.29 bits per heavy atom. The number of nitrogens with one attached hydrogen (secondary N) is 1. The summed E-state index contributed by atoms with van der Waals surface area (Å²) in [5, 5.41) is 7.93. The average molecular weight is 211 g/mol. The molecule has 0 saturated carbocycles. The second-order valence-electron chi connectivity index (χ2n) is 4.41. The highest BCUT2D eigenvalue weighted by Crippen LogP contribution is 2.16. The lowest BCUT2D eigenvalue weighted by Gasteiger charge is -2.19. The molecule has 2 atom stereocenters. The molecule has 0 aliphatic heterocycles. The molecule has 1 aromatic rings. The van der Waals surface area contributed by atoms with Crippen molar-refractivity contribution in [2.75, 3.05) is 6.54 Å². The maximum absolute atomic E-state index is 3.57. The highest BCUT2D eigenvalue weighted by molar-refractivity contribution is 7.07. The molecular formula is C12H21NS. The first-order valence-corrected chi connectivity index (χ1v) is 6.31. The third-order valence-electron chi connectivity index (χ3n) is 2.93. The van der Waals surface area contributed by atoms with E-state index in [0.717, 1.165) is 18.4 Å². The summed E-state index contributed by atoms with van der Waals surface area (Å²) in [6.45, 7) is 10.2. The first kappa shape index (κ1) is 11.7. The van der Waals surface area contributed by atoms with E-state index in [1.807, 2.05) is 0 Å². The fourth-order valence-electron chi connectivity index (χ4n) is 1.24. The van der Waals surface area contributed by atoms with Gasteiger partial charge in [-0.15, -0.1) is 0 Å². The fraction of sp³-hybridized carbons (Fsp3) is 0.667. The summed E-state index contributed by atoms with van der Waals surface area (Å²) in [7, 11) is 0. The normalized spacial score (nSPS) is 15.8. The van der Waals surface area contributed by atoms with E-state index >= 15 is 0 Å². The van der Waals surface area contributed by atoms with E-state index in [9.17, 15) is 0 Å². The zero-order chi connectivity index (χ0) is 10.6. The zero-order valence-electron chi connectivity index (χ0n) is 9.58. The predicted molar refractivity (Wildman–Crippen MR) is 64.7 cm³/mol. The second-order valence-corrected chi connectivity index (χ2v) is 5.19. The Morgan fingerprint density at radius 3 is 2.50 bits per heavy atom. The van der Waals surface area contributed by atoms with Gasteiger partial charge < -0.3 is 5.32 Å². The molecule has 0 bridgehead atoms. The molecule has 1 heterocycles. The molecule has 80 valence electrons. The predicted octanol–water partition coefficient (Wildman–Crippen LogP) is 3.69. The van der Waals surface area contributed by atoms with Crippen LogP contribution in [0.1, 0.15) is 39.3 Å². The molecule has 2 heteroatoms. The molecule has 0 saturated heterocycles. The monoisotopic (exact) mass is 211 g/mol. The summed E-state index contributed by atoms with van der Waals surface area (Å²) < 4.78 is 0. The molecule has 0 aromatic carbocycles. The minimum Gasteiger partial charge on any atom is -0.310 e. The minimum absolute atomic E-state index is 0.488. The zero-order valence-corrected chi connectivity index (χ0v) is 10.4. The van der Waals surface area contributed by atoms with Crippen LogP contribution >= 0.6 is 11.3 Å². The van der Waals surface area contributed by atoms with Gasteiger partial charge in [0.15, 0.2) is 0 Å². The van der Waals surface area contributed by atoms with Crippen LogP contribution < -0.4 is 5.32 Å². The molecular weight excluding hydrogens is 190 g/mol. The van der Waals surface area contributed by atoms with E-state index < -0.39 is 0 Å². The molecule has 0 aliphatic rings. The third-order valence-corrected chi connectivity index (χ3v) is 3.63. The molecule has 1 nitrogen and oxygen atoms in total. The van der Waals surface area contributed by atoms with Crippen LogP contribution in [0.5, 0.6) is 0 Å². The smallest absolute Gasteiger partial charge is 0.0300 e. The van der Waals surface area contributed by atoms with Crippen LogP contribution in [0.15, 0.2) is 16.8 Å². The van der Waals surface area contributed by atoms with Crippen LogP contribution in [0.3, 0.4) is 0 Å². The third kappa shape index (κ3) is 3.43. The van der Waals surface area contributed by atoms with Crippen molar-refractivity contribution in [2.24, 2.45) is 11.8 Å². The van der Waals surface area contributed by atoms with E-state index in [1.165, 1.54) is 5.56 Å². The largest absolute Gasteiger partial charge is 0.310 e. The summed E-state index contributed by atoms with van der Waals surface area (Å²) in [5.41, 5.74) is 1.41. The molecule has 0 spiro atoms. The molecule has 0 amide bonds. The van der Waals surface area contributed by atoms with Crippen LogP contribution in [0.2, 0.25) is 0 Å². The van der Waals surface area contributed by atoms with Crippen molar-refractivity contribution in [1.29, 1.82) is 0 Å². The van der Waals surface area contributed by atoms with Gasteiger partial charge in [0.2, 0.25) is 0 Å². The van der Waals surface area contributed by atoms with Gasteiger partial charge in [-0.2, -0.15) is 11.3 Å². The lowest BCUT2D eigenvalue weighted by atomic mass is 9.98. The number of hydrogen-bond donors (Lipinski definition) is 1. The van der Waals surface area contributed by atoms with Gasteiger partial charge in [0, 0.05) is 6.04 Å². The van der Waals surface area contributed by atoms with E-state index in [-0.39, 0.29) is 0 Å². The van der Waals surface area contributed by atoms with Crippen molar-refractivity contribution in [3.8, 4) is 0 Å². The van der Waals surface area contributed by atoms with Crippen molar-refractivity contribution < 1.29 is 0 Å². The van der Waals surface area contributed by atoms with Crippen molar-refractivity contribution in [3.63, 3.8) is 0 Å². The van der Waals surface area contributed by atoms with Crippen molar-refractivity contribution >= 4 is 11.3 Å². The Bertz CT molecular complexity index is 241. The first-order chi connectivity index (χ1) is 6.61. The van der Waals surface area contributed by atoms with Gasteiger partial charge in [-0.05, 0) is 47.7 Å². The first-order valence-electron chi connectivity index (χ1n) is 5.36. The Balaban J connectivity index is 2.32. The maximum Gasteiger partial charge on any atom is 0.0300 e. The lowest BCUT2D eigenvalue weighted by molar-refractivity contribution is 0.376. The lowest BCUT2D eigenvalue weighted by Crippen LogP contribution is -2.26. The van der Waals surface area contributed by atoms with Gasteiger partial charge in [-0.25, -0.2) is 0 Å². The molecule has 1 N–H and O–H groups in total. The summed E-state index contributed by atoms with van der Waals surface area (Å²) in [6, 6.07) is 2.69. The molecule has 1 aromatic heterocycles. The topological polar surface area (TPSA) is 12.0 Å². The average Bonchev–Trinajstić information content (AvgIpc) is 2.66. The summed E-state index contributed by atoms with van der Waals surface area (Å²) in [6.07, 6.45) is 0. The fourth-order valence-corrected chi connectivity index (χ4v) is 1.99. The standard InChI is InChI=1S/C12H21NS/c1-9(2)10(3)7-13-11(4)12-5-6-14-8-12/h5-6,8-11,13H,7H2,1-4H3. The quantitative estimate of drug-likeness (QED) is 0.783. The van der Waals surface area contributed by atoms with Crippen LogP contribution in [-0.2, 0) is 0 Å². The second kappa shape index (κ2) is 5.52. The van der Waals surface area contributed by atoms with Crippen LogP contribution in [0, 0.1) is 11.8 Å². The van der Waals surface area contributed by atoms with Gasteiger partial charge in [-0.1, -0.05) is 20.8 Å². The van der Waals surface area contributed by atoms with Gasteiger partial charge in [0.05, 0.1) is 0 Å². The Labute approximate surface area is 91.5 Å². The Kier molecular flexibility index (Phi) is 4.63. The van der Waals surface area contributed by atoms with Crippen molar-refractivity contribution in [2.45, 2.75) is 33.7 Å². The van der Waals surface area contributed by atoms with Crippen molar-refractivity contribution in [3.05, 3.63) is 22.4 Å². The molecule has 0 radical (unpaired) electrons. The molecule has 2 unspecified atom stereocenters. The van der Waals surface area contributed by atoms with Crippen LogP contribution in [0.25, 0.3) is 0 Å². The SMILES string of the molecule is CC(NCC(C)C(C)C)c1ccsc1. The number of rotatable bonds is 5. The van der Waals surface area contributed by atoms with Crippen molar-refractivity contribution in [1.82, 2.24) is 5.32 Å². The molecule has 0 fully saturated rings. The van der Waals surface area contributed by atoms with E-state index in [0.29, 0.717) is 6.04 Å². The molecule has 0 aliphatic carbocycles. The molecule has 1 rings (SSSR count). The Morgan fingerprint density at radius 2 is 2.00 bits per heavy atom. The summed E-state index contributed by atoms with van der Waals surface area (Å²) in [4.78, 5) is 0. The maximum atomic E-state index is 3.57. The summed E-state index contributed by atoms with van der Waals surface area (Å²) in [5.74, 6) is 1.51. The highest BCUT2D eigenvalue weighted by atomic mass is 32.1. The van der Waals surface area contributed by atoms with E-state index in [1.54, 1.807) is 11.3 Å². The van der Waals surface area contributed by atoms with Gasteiger partial charge >= 0.3 is 0 Å². The van der Waals surface area contributed by atoms with E-state index in [4.69, 9.17) is 0 Å². The number of thiophene rings is 1. The number of hydrogen-bond acceptors (Lipinski definition) is 2. The minimum atomic E-state index is 0.488. The summed E-state index contributed by atoms with van der Waals surface area (Å²) >= 11 is 1.77. The van der Waals surface area contributed by atoms with E-state index in [2.05, 4.69) is 49.8 Å². The van der Waals surface area contributed by atoms with Crippen LogP contribution in [0.4, 0.5) is 0 Å².